The normalized spacial score (nSPS) is 10.2. The molecule has 1 rings (SSSR count). The predicted octanol–water partition coefficient (Wildman–Crippen LogP) is 1.96. The van der Waals surface area contributed by atoms with Gasteiger partial charge in [-0.2, -0.15) is 4.89 Å². The summed E-state index contributed by atoms with van der Waals surface area (Å²) in [6.45, 7) is 6.81. The summed E-state index contributed by atoms with van der Waals surface area (Å²) in [4.78, 5) is 30.7. The third-order valence-corrected chi connectivity index (χ3v) is 2.75. The molecule has 0 aliphatic heterocycles. The molecule has 0 aromatic heterocycles. The summed E-state index contributed by atoms with van der Waals surface area (Å²) < 4.78 is 16.0. The molecule has 0 saturated carbocycles. The molecule has 0 saturated heterocycles. The van der Waals surface area contributed by atoms with E-state index in [0.29, 0.717) is 37.7 Å². The quantitative estimate of drug-likeness (QED) is 0.179. The summed E-state index contributed by atoms with van der Waals surface area (Å²) in [7, 11) is 0. The van der Waals surface area contributed by atoms with Crippen molar-refractivity contribution >= 4 is 11.8 Å². The molecule has 0 spiro atoms. The highest BCUT2D eigenvalue weighted by atomic mass is 17.2. The fraction of sp³-hybridized carbons (Fsp3) is 0.412. The van der Waals surface area contributed by atoms with Crippen LogP contribution >= 0.6 is 0 Å². The second kappa shape index (κ2) is 12.2. The number of benzene rings is 1. The van der Waals surface area contributed by atoms with Crippen LogP contribution in [0.4, 0.5) is 0 Å². The zero-order chi connectivity index (χ0) is 17.6. The molecule has 0 N–H and O–H groups in total. The smallest absolute Gasteiger partial charge is 0.365 e. The van der Waals surface area contributed by atoms with E-state index in [1.807, 2.05) is 0 Å². The van der Waals surface area contributed by atoms with Crippen LogP contribution < -0.4 is 4.74 Å². The predicted molar refractivity (Wildman–Crippen MR) is 85.8 cm³/mol. The van der Waals surface area contributed by atoms with Crippen molar-refractivity contribution in [1.82, 2.24) is 0 Å². The van der Waals surface area contributed by atoms with E-state index in [4.69, 9.17) is 14.2 Å². The van der Waals surface area contributed by atoms with Crippen molar-refractivity contribution in [3.05, 3.63) is 42.5 Å². The van der Waals surface area contributed by atoms with Crippen molar-refractivity contribution in [1.29, 1.82) is 0 Å². The first kappa shape index (κ1) is 19.8. The molecule has 0 aliphatic carbocycles. The molecular weight excluding hydrogens is 316 g/mol. The Kier molecular flexibility index (Phi) is 10.1. The van der Waals surface area contributed by atoms with E-state index in [9.17, 15) is 9.59 Å². The Balaban J connectivity index is 1.92. The minimum atomic E-state index is -0.644. The van der Waals surface area contributed by atoms with Crippen LogP contribution in [0.25, 0.3) is 0 Å². The zero-order valence-electron chi connectivity index (χ0n) is 13.7. The molecule has 24 heavy (non-hydrogen) atoms. The van der Waals surface area contributed by atoms with Gasteiger partial charge in [-0.3, -0.25) is 9.68 Å². The average molecular weight is 338 g/mol. The van der Waals surface area contributed by atoms with E-state index in [0.717, 1.165) is 6.08 Å². The first-order valence-electron chi connectivity index (χ1n) is 7.48. The third-order valence-electron chi connectivity index (χ3n) is 2.75. The van der Waals surface area contributed by atoms with Gasteiger partial charge in [0.1, 0.15) is 19.0 Å². The molecule has 7 nitrogen and oxygen atoms in total. The first-order valence-corrected chi connectivity index (χ1v) is 7.48. The number of carbonyl (C=O) groups excluding carboxylic acids is 2. The summed E-state index contributed by atoms with van der Waals surface area (Å²) in [5.74, 6) is 0.0643. The lowest BCUT2D eigenvalue weighted by molar-refractivity contribution is -0.271. The molecule has 0 unspecified atom stereocenters. The van der Waals surface area contributed by atoms with Gasteiger partial charge < -0.3 is 14.2 Å². The molecule has 0 bridgehead atoms. The van der Waals surface area contributed by atoms with Crippen LogP contribution in [0.2, 0.25) is 0 Å². The molecule has 0 fully saturated rings. The first-order chi connectivity index (χ1) is 11.6. The van der Waals surface area contributed by atoms with Gasteiger partial charge in [0.25, 0.3) is 0 Å². The van der Waals surface area contributed by atoms with Gasteiger partial charge in [0.05, 0.1) is 26.4 Å². The number of hydrogen-bond acceptors (Lipinski definition) is 7. The van der Waals surface area contributed by atoms with Crippen LogP contribution in [0.1, 0.15) is 17.3 Å². The topological polar surface area (TPSA) is 80.3 Å². The molecule has 0 atom stereocenters. The monoisotopic (exact) mass is 338 g/mol. The maximum Gasteiger partial charge on any atom is 0.365 e. The van der Waals surface area contributed by atoms with Crippen molar-refractivity contribution in [2.45, 2.75) is 6.92 Å². The number of hydrogen-bond donors (Lipinski definition) is 0. The van der Waals surface area contributed by atoms with Crippen LogP contribution in [0.3, 0.4) is 0 Å². The molecule has 7 heteroatoms. The second-order valence-corrected chi connectivity index (χ2v) is 4.58. The summed E-state index contributed by atoms with van der Waals surface area (Å²) in [6, 6.07) is 6.94. The maximum atomic E-state index is 11.1. The third kappa shape index (κ3) is 9.04. The largest absolute Gasteiger partial charge is 0.491 e. The van der Waals surface area contributed by atoms with Gasteiger partial charge in [0, 0.05) is 11.6 Å². The standard InChI is InChI=1S/C17H22O7/c1-3-17(19)24-23-13-11-21-9-8-20-10-12-22-16-6-4-15(5-7-16)14(2)18/h3-7H,1,8-13H2,2H3. The van der Waals surface area contributed by atoms with Gasteiger partial charge in [-0.05, 0) is 31.2 Å². The fourth-order valence-corrected chi connectivity index (χ4v) is 1.55. The van der Waals surface area contributed by atoms with E-state index < -0.39 is 5.97 Å². The molecule has 132 valence electrons. The highest BCUT2D eigenvalue weighted by Gasteiger charge is 2.00. The number of carbonyl (C=O) groups is 2. The minimum absolute atomic E-state index is 0.0224. The van der Waals surface area contributed by atoms with Crippen LogP contribution in [-0.2, 0) is 24.0 Å². The lowest BCUT2D eigenvalue weighted by Gasteiger charge is -2.08. The molecule has 0 radical (unpaired) electrons. The maximum absolute atomic E-state index is 11.1. The van der Waals surface area contributed by atoms with Crippen LogP contribution in [0.15, 0.2) is 36.9 Å². The van der Waals surface area contributed by atoms with Crippen molar-refractivity contribution in [2.75, 3.05) is 39.6 Å². The Hall–Kier alpha value is -2.22. The van der Waals surface area contributed by atoms with E-state index in [2.05, 4.69) is 16.4 Å². The summed E-state index contributed by atoms with van der Waals surface area (Å²) in [6.07, 6.45) is 1.01. The van der Waals surface area contributed by atoms with Crippen molar-refractivity contribution in [3.8, 4) is 5.75 Å². The van der Waals surface area contributed by atoms with Gasteiger partial charge in [-0.25, -0.2) is 4.79 Å². The SMILES string of the molecule is C=CC(=O)OOCCOCCOCCOc1ccc(C(C)=O)cc1. The number of ether oxygens (including phenoxy) is 3. The zero-order valence-corrected chi connectivity index (χ0v) is 13.7. The minimum Gasteiger partial charge on any atom is -0.491 e. The van der Waals surface area contributed by atoms with E-state index >= 15 is 0 Å². The highest BCUT2D eigenvalue weighted by molar-refractivity contribution is 5.94. The van der Waals surface area contributed by atoms with E-state index in [-0.39, 0.29) is 19.0 Å². The highest BCUT2D eigenvalue weighted by Crippen LogP contribution is 2.12. The number of Topliss-reactive ketones (excluding diaryl/α,β-unsaturated/α-hetero) is 1. The summed E-state index contributed by atoms with van der Waals surface area (Å²) in [5.41, 5.74) is 0.652. The Morgan fingerprint density at radius 1 is 0.958 bits per heavy atom. The Labute approximate surface area is 141 Å². The summed E-state index contributed by atoms with van der Waals surface area (Å²) >= 11 is 0. The van der Waals surface area contributed by atoms with Crippen molar-refractivity contribution in [2.24, 2.45) is 0 Å². The van der Waals surface area contributed by atoms with Gasteiger partial charge >= 0.3 is 5.97 Å². The van der Waals surface area contributed by atoms with Gasteiger partial charge in [-0.15, -0.1) is 0 Å². The van der Waals surface area contributed by atoms with Crippen LogP contribution in [0, 0.1) is 0 Å². The van der Waals surface area contributed by atoms with Gasteiger partial charge in [-0.1, -0.05) is 6.58 Å². The molecular formula is C17H22O7. The Morgan fingerprint density at radius 3 is 2.12 bits per heavy atom. The lowest BCUT2D eigenvalue weighted by Crippen LogP contribution is -2.13. The number of rotatable bonds is 13. The average Bonchev–Trinajstić information content (AvgIpc) is 2.59. The van der Waals surface area contributed by atoms with E-state index in [1.165, 1.54) is 6.92 Å². The Bertz CT molecular complexity index is 510. The van der Waals surface area contributed by atoms with Crippen LogP contribution in [0.5, 0.6) is 5.75 Å². The molecule has 0 heterocycles. The van der Waals surface area contributed by atoms with E-state index in [1.54, 1.807) is 24.3 Å². The van der Waals surface area contributed by atoms with Crippen LogP contribution in [-0.4, -0.2) is 51.4 Å². The Morgan fingerprint density at radius 2 is 1.54 bits per heavy atom. The van der Waals surface area contributed by atoms with Crippen molar-refractivity contribution < 1.29 is 33.6 Å². The van der Waals surface area contributed by atoms with Gasteiger partial charge in [0.2, 0.25) is 0 Å². The molecule has 1 aromatic carbocycles. The van der Waals surface area contributed by atoms with Crippen molar-refractivity contribution in [3.63, 3.8) is 0 Å². The second-order valence-electron chi connectivity index (χ2n) is 4.58. The van der Waals surface area contributed by atoms with Gasteiger partial charge in [0.15, 0.2) is 5.78 Å². The molecule has 1 aromatic rings. The lowest BCUT2D eigenvalue weighted by atomic mass is 10.1. The molecule has 0 amide bonds. The summed E-state index contributed by atoms with van der Waals surface area (Å²) in [5, 5.41) is 0. The fourth-order valence-electron chi connectivity index (χ4n) is 1.55. The number of ketones is 1. The molecule has 0 aliphatic rings.